The first-order valence-electron chi connectivity index (χ1n) is 10.5. The van der Waals surface area contributed by atoms with Crippen molar-refractivity contribution in [3.63, 3.8) is 0 Å². The van der Waals surface area contributed by atoms with E-state index >= 15 is 0 Å². The highest BCUT2D eigenvalue weighted by Crippen LogP contribution is 2.42. The average molecular weight is 468 g/mol. The molecule has 0 N–H and O–H groups in total. The van der Waals surface area contributed by atoms with Crippen molar-refractivity contribution in [2.45, 2.75) is 4.90 Å². The van der Waals surface area contributed by atoms with Gasteiger partial charge in [-0.15, -0.1) is 0 Å². The Labute approximate surface area is 191 Å². The summed E-state index contributed by atoms with van der Waals surface area (Å²) in [5.41, 5.74) is 1.45. The van der Waals surface area contributed by atoms with E-state index in [2.05, 4.69) is 0 Å². The second-order valence-electron chi connectivity index (χ2n) is 7.69. The number of sulfonamides is 1. The minimum absolute atomic E-state index is 0.0415. The normalized spacial score (nSPS) is 16.2. The molecule has 33 heavy (non-hydrogen) atoms. The summed E-state index contributed by atoms with van der Waals surface area (Å²) in [5.74, 6) is 1.89. The number of fused-ring (bicyclic) bond motifs is 2. The molecule has 1 fully saturated rings. The Kier molecular flexibility index (Phi) is 5.51. The predicted octanol–water partition coefficient (Wildman–Crippen LogP) is 4.02. The van der Waals surface area contributed by atoms with Crippen molar-refractivity contribution in [1.29, 1.82) is 0 Å². The number of para-hydroxylation sites is 3. The van der Waals surface area contributed by atoms with Gasteiger partial charge in [0.05, 0.1) is 17.6 Å². The van der Waals surface area contributed by atoms with Crippen molar-refractivity contribution in [2.24, 2.45) is 4.99 Å². The van der Waals surface area contributed by atoms with E-state index in [0.717, 1.165) is 11.6 Å². The Morgan fingerprint density at radius 1 is 0.970 bits per heavy atom. The number of hydrogen-bond acceptors (Lipinski definition) is 6. The molecule has 170 valence electrons. The number of methoxy groups -OCH3 is 1. The standard InChI is InChI=1S/C24H22FN3O4S/c1-31-22-11-5-8-19-23(22)32-21-10-3-2-9-20(21)26-24(19)27-12-14-28(15-13-27)33(29,30)18-7-4-6-17(25)16-18/h2-11,16H,12-15H2,1H3. The average Bonchev–Trinajstić information content (AvgIpc) is 3.01. The van der Waals surface area contributed by atoms with Gasteiger partial charge >= 0.3 is 0 Å². The lowest BCUT2D eigenvalue weighted by Crippen LogP contribution is -2.50. The van der Waals surface area contributed by atoms with Gasteiger partial charge in [-0.25, -0.2) is 17.8 Å². The zero-order valence-electron chi connectivity index (χ0n) is 17.9. The van der Waals surface area contributed by atoms with Crippen molar-refractivity contribution >= 4 is 21.5 Å². The van der Waals surface area contributed by atoms with Gasteiger partial charge in [-0.2, -0.15) is 4.31 Å². The Bertz CT molecular complexity index is 1340. The molecule has 9 heteroatoms. The first-order valence-corrected chi connectivity index (χ1v) is 11.9. The molecular weight excluding hydrogens is 445 g/mol. The lowest BCUT2D eigenvalue weighted by atomic mass is 10.1. The highest BCUT2D eigenvalue weighted by atomic mass is 32.2. The van der Waals surface area contributed by atoms with E-state index in [-0.39, 0.29) is 18.0 Å². The molecule has 7 nitrogen and oxygen atoms in total. The molecule has 0 aromatic heterocycles. The van der Waals surface area contributed by atoms with E-state index in [1.807, 2.05) is 47.4 Å². The van der Waals surface area contributed by atoms with Crippen LogP contribution < -0.4 is 9.47 Å². The maximum absolute atomic E-state index is 13.6. The Morgan fingerprint density at radius 3 is 2.48 bits per heavy atom. The van der Waals surface area contributed by atoms with Crippen LogP contribution in [0.15, 0.2) is 76.6 Å². The van der Waals surface area contributed by atoms with Crippen LogP contribution in [0.2, 0.25) is 0 Å². The van der Waals surface area contributed by atoms with Crippen LogP contribution in [0.5, 0.6) is 17.2 Å². The van der Waals surface area contributed by atoms with Gasteiger partial charge < -0.3 is 14.4 Å². The number of aliphatic imine (C=N–C) groups is 1. The van der Waals surface area contributed by atoms with Gasteiger partial charge in [0.25, 0.3) is 0 Å². The first kappa shape index (κ1) is 21.4. The van der Waals surface area contributed by atoms with Crippen LogP contribution in [-0.4, -0.2) is 56.7 Å². The molecule has 0 bridgehead atoms. The molecule has 5 rings (SSSR count). The number of benzene rings is 3. The molecule has 0 atom stereocenters. The van der Waals surface area contributed by atoms with E-state index < -0.39 is 15.8 Å². The molecule has 3 aromatic rings. The molecule has 0 amide bonds. The zero-order chi connectivity index (χ0) is 23.0. The van der Waals surface area contributed by atoms with Crippen molar-refractivity contribution in [1.82, 2.24) is 9.21 Å². The third kappa shape index (κ3) is 3.94. The lowest BCUT2D eigenvalue weighted by molar-refractivity contribution is 0.266. The van der Waals surface area contributed by atoms with Crippen molar-refractivity contribution in [3.8, 4) is 17.2 Å². The van der Waals surface area contributed by atoms with Crippen LogP contribution in [0.4, 0.5) is 10.1 Å². The van der Waals surface area contributed by atoms with E-state index in [1.54, 1.807) is 7.11 Å². The number of amidine groups is 1. The molecule has 2 heterocycles. The number of piperazine rings is 1. The van der Waals surface area contributed by atoms with Gasteiger partial charge in [-0.05, 0) is 42.5 Å². The van der Waals surface area contributed by atoms with Crippen LogP contribution in [0.3, 0.4) is 0 Å². The van der Waals surface area contributed by atoms with Gasteiger partial charge in [-0.3, -0.25) is 0 Å². The first-order chi connectivity index (χ1) is 16.0. The van der Waals surface area contributed by atoms with Crippen LogP contribution in [0, 0.1) is 5.82 Å². The fourth-order valence-corrected chi connectivity index (χ4v) is 5.49. The van der Waals surface area contributed by atoms with Crippen molar-refractivity contribution < 1.29 is 22.3 Å². The van der Waals surface area contributed by atoms with E-state index in [0.29, 0.717) is 41.9 Å². The van der Waals surface area contributed by atoms with Crippen LogP contribution in [0.25, 0.3) is 0 Å². The zero-order valence-corrected chi connectivity index (χ0v) is 18.8. The molecule has 0 saturated carbocycles. The fourth-order valence-electron chi connectivity index (χ4n) is 4.04. The van der Waals surface area contributed by atoms with Crippen LogP contribution in [-0.2, 0) is 10.0 Å². The molecular formula is C24H22FN3O4S. The van der Waals surface area contributed by atoms with E-state index in [1.165, 1.54) is 22.5 Å². The quantitative estimate of drug-likeness (QED) is 0.582. The molecule has 0 spiro atoms. The smallest absolute Gasteiger partial charge is 0.243 e. The Balaban J connectivity index is 1.46. The minimum atomic E-state index is -3.78. The molecule has 1 saturated heterocycles. The molecule has 2 aliphatic rings. The van der Waals surface area contributed by atoms with Gasteiger partial charge in [0, 0.05) is 26.2 Å². The Morgan fingerprint density at radius 2 is 1.73 bits per heavy atom. The second-order valence-corrected chi connectivity index (χ2v) is 9.63. The predicted molar refractivity (Wildman–Crippen MR) is 122 cm³/mol. The van der Waals surface area contributed by atoms with E-state index in [4.69, 9.17) is 14.5 Å². The number of rotatable bonds is 3. The molecule has 0 radical (unpaired) electrons. The SMILES string of the molecule is COc1cccc2c1Oc1ccccc1N=C2N1CCN(S(=O)(=O)c2cccc(F)c2)CC1. The summed E-state index contributed by atoms with van der Waals surface area (Å²) in [5, 5.41) is 0. The monoisotopic (exact) mass is 467 g/mol. The summed E-state index contributed by atoms with van der Waals surface area (Å²) < 4.78 is 52.7. The number of ether oxygens (including phenoxy) is 2. The summed E-state index contributed by atoms with van der Waals surface area (Å²) in [6, 6.07) is 18.2. The largest absolute Gasteiger partial charge is 0.493 e. The summed E-state index contributed by atoms with van der Waals surface area (Å²) in [6.45, 7) is 1.34. The maximum Gasteiger partial charge on any atom is 0.243 e. The highest BCUT2D eigenvalue weighted by Gasteiger charge is 2.32. The minimum Gasteiger partial charge on any atom is -0.493 e. The number of hydrogen-bond donors (Lipinski definition) is 0. The number of halogens is 1. The lowest BCUT2D eigenvalue weighted by Gasteiger charge is -2.36. The summed E-state index contributed by atoms with van der Waals surface area (Å²) >= 11 is 0. The summed E-state index contributed by atoms with van der Waals surface area (Å²) in [4.78, 5) is 6.88. The summed E-state index contributed by atoms with van der Waals surface area (Å²) in [6.07, 6.45) is 0. The highest BCUT2D eigenvalue weighted by molar-refractivity contribution is 7.89. The van der Waals surface area contributed by atoms with Gasteiger partial charge in [-0.1, -0.05) is 24.3 Å². The van der Waals surface area contributed by atoms with E-state index in [9.17, 15) is 12.8 Å². The van der Waals surface area contributed by atoms with Gasteiger partial charge in [0.1, 0.15) is 17.3 Å². The molecule has 3 aromatic carbocycles. The molecule has 0 aliphatic carbocycles. The van der Waals surface area contributed by atoms with Crippen molar-refractivity contribution in [3.05, 3.63) is 78.1 Å². The molecule has 0 unspecified atom stereocenters. The summed E-state index contributed by atoms with van der Waals surface area (Å²) in [7, 11) is -2.20. The Hall–Kier alpha value is -3.43. The van der Waals surface area contributed by atoms with Crippen LogP contribution >= 0.6 is 0 Å². The number of nitrogens with zero attached hydrogens (tertiary/aromatic N) is 3. The van der Waals surface area contributed by atoms with Crippen LogP contribution in [0.1, 0.15) is 5.56 Å². The molecule has 2 aliphatic heterocycles. The third-order valence-electron chi connectivity index (χ3n) is 5.72. The topological polar surface area (TPSA) is 71.4 Å². The fraction of sp³-hybridized carbons (Fsp3) is 0.208. The third-order valence-corrected chi connectivity index (χ3v) is 7.61. The second kappa shape index (κ2) is 8.49. The maximum atomic E-state index is 13.6. The van der Waals surface area contributed by atoms with Gasteiger partial charge in [0.15, 0.2) is 17.2 Å². The van der Waals surface area contributed by atoms with Gasteiger partial charge in [0.2, 0.25) is 10.0 Å². The van der Waals surface area contributed by atoms with Crippen molar-refractivity contribution in [2.75, 3.05) is 33.3 Å².